The third kappa shape index (κ3) is 3.43. The van der Waals surface area contributed by atoms with Crippen LogP contribution in [-0.4, -0.2) is 34.4 Å². The summed E-state index contributed by atoms with van der Waals surface area (Å²) in [5.74, 6) is 0.165. The molecule has 8 heteroatoms. The highest BCUT2D eigenvalue weighted by atomic mass is 35.5. The predicted molar refractivity (Wildman–Crippen MR) is 98.2 cm³/mol. The van der Waals surface area contributed by atoms with Crippen LogP contribution in [-0.2, 0) is 6.54 Å². The number of rotatable bonds is 5. The second kappa shape index (κ2) is 7.01. The van der Waals surface area contributed by atoms with Crippen molar-refractivity contribution in [2.24, 2.45) is 5.92 Å². The van der Waals surface area contributed by atoms with Crippen LogP contribution >= 0.6 is 22.9 Å². The summed E-state index contributed by atoms with van der Waals surface area (Å²) in [7, 11) is 2.09. The molecule has 0 saturated carbocycles. The minimum atomic E-state index is -0.210. The third-order valence-corrected chi connectivity index (χ3v) is 5.66. The molecule has 5 nitrogen and oxygen atoms in total. The molecule has 0 aliphatic carbocycles. The van der Waals surface area contributed by atoms with Crippen molar-refractivity contribution in [3.63, 3.8) is 0 Å². The summed E-state index contributed by atoms with van der Waals surface area (Å²) in [6, 6.07) is 6.86. The van der Waals surface area contributed by atoms with Crippen LogP contribution in [0.2, 0.25) is 5.15 Å². The van der Waals surface area contributed by atoms with E-state index in [1.54, 1.807) is 11.3 Å². The molecule has 2 atom stereocenters. The van der Waals surface area contributed by atoms with Gasteiger partial charge in [-0.1, -0.05) is 23.7 Å². The number of aromatic nitrogens is 2. The molecule has 0 spiro atoms. The van der Waals surface area contributed by atoms with Crippen LogP contribution < -0.4 is 10.9 Å². The summed E-state index contributed by atoms with van der Waals surface area (Å²) in [5, 5.41) is 2.58. The number of nitrogens with one attached hydrogen (secondary N) is 2. The van der Waals surface area contributed by atoms with Crippen molar-refractivity contribution in [2.45, 2.75) is 12.6 Å². The van der Waals surface area contributed by atoms with Crippen molar-refractivity contribution in [1.29, 1.82) is 0 Å². The van der Waals surface area contributed by atoms with Gasteiger partial charge in [-0.05, 0) is 24.7 Å². The first-order valence-electron chi connectivity index (χ1n) is 8.14. The van der Waals surface area contributed by atoms with Crippen LogP contribution in [0.4, 0.5) is 4.39 Å². The van der Waals surface area contributed by atoms with Crippen LogP contribution in [0.15, 0.2) is 35.8 Å². The van der Waals surface area contributed by atoms with E-state index in [9.17, 15) is 4.39 Å². The van der Waals surface area contributed by atoms with Crippen molar-refractivity contribution >= 4 is 27.9 Å². The second-order valence-corrected chi connectivity index (χ2v) is 7.65. The Kier molecular flexibility index (Phi) is 4.75. The fourth-order valence-corrected chi connectivity index (χ4v) is 4.41. The van der Waals surface area contributed by atoms with Gasteiger partial charge in [-0.3, -0.25) is 9.83 Å². The number of imidazole rings is 1. The summed E-state index contributed by atoms with van der Waals surface area (Å²) < 4.78 is 15.2. The minimum Gasteiger partial charge on any atom is -0.300 e. The molecule has 1 fully saturated rings. The lowest BCUT2D eigenvalue weighted by Gasteiger charge is -2.24. The molecule has 1 aliphatic rings. The highest BCUT2D eigenvalue weighted by molar-refractivity contribution is 7.15. The number of hydrogen-bond donors (Lipinski definition) is 2. The molecule has 0 bridgehead atoms. The van der Waals surface area contributed by atoms with Gasteiger partial charge in [0.15, 0.2) is 10.1 Å². The lowest BCUT2D eigenvalue weighted by Crippen LogP contribution is -2.30. The standard InChI is InChI=1S/C17H19ClFN5S/c1-23(10-14-16(18)21-17-24(14)6-7-25-17)9-12-8-20-22-15(12)11-2-4-13(19)5-3-11/h2-7,12,15,20,22H,8-10H2,1H3. The van der Waals surface area contributed by atoms with E-state index in [1.807, 2.05) is 28.1 Å². The molecule has 3 heterocycles. The average Bonchev–Trinajstić information content (AvgIpc) is 3.28. The molecule has 25 heavy (non-hydrogen) atoms. The quantitative estimate of drug-likeness (QED) is 0.715. The third-order valence-electron chi connectivity index (χ3n) is 4.60. The average molecular weight is 380 g/mol. The van der Waals surface area contributed by atoms with Gasteiger partial charge in [0.25, 0.3) is 0 Å². The van der Waals surface area contributed by atoms with Crippen LogP contribution in [0.5, 0.6) is 0 Å². The first kappa shape index (κ1) is 16.9. The first-order valence-corrected chi connectivity index (χ1v) is 9.40. The van der Waals surface area contributed by atoms with Gasteiger partial charge < -0.3 is 4.90 Å². The number of hydrazine groups is 1. The molecular weight excluding hydrogens is 361 g/mol. The number of thiazole rings is 1. The van der Waals surface area contributed by atoms with E-state index in [0.717, 1.165) is 35.9 Å². The van der Waals surface area contributed by atoms with E-state index in [-0.39, 0.29) is 11.9 Å². The predicted octanol–water partition coefficient (Wildman–Crippen LogP) is 3.09. The smallest absolute Gasteiger partial charge is 0.195 e. The maximum Gasteiger partial charge on any atom is 0.195 e. The Morgan fingerprint density at radius 2 is 2.20 bits per heavy atom. The van der Waals surface area contributed by atoms with E-state index < -0.39 is 0 Å². The van der Waals surface area contributed by atoms with E-state index in [0.29, 0.717) is 11.1 Å². The fourth-order valence-electron chi connectivity index (χ4n) is 3.40. The molecule has 4 rings (SSSR count). The Labute approximate surface area is 154 Å². The molecule has 1 aromatic carbocycles. The zero-order chi connectivity index (χ0) is 17.4. The van der Waals surface area contributed by atoms with Crippen LogP contribution in [0.3, 0.4) is 0 Å². The SMILES string of the molecule is CN(Cc1c(Cl)nc2sccn12)CC1CNNC1c1ccc(F)cc1. The molecule has 1 saturated heterocycles. The van der Waals surface area contributed by atoms with Crippen molar-refractivity contribution in [2.75, 3.05) is 20.1 Å². The van der Waals surface area contributed by atoms with Crippen molar-refractivity contribution < 1.29 is 4.39 Å². The normalized spacial score (nSPS) is 20.8. The first-order chi connectivity index (χ1) is 12.1. The minimum absolute atomic E-state index is 0.158. The number of fused-ring (bicyclic) bond motifs is 1. The maximum absolute atomic E-state index is 13.2. The van der Waals surface area contributed by atoms with Gasteiger partial charge in [-0.15, -0.1) is 11.3 Å². The van der Waals surface area contributed by atoms with Gasteiger partial charge >= 0.3 is 0 Å². The van der Waals surface area contributed by atoms with Gasteiger partial charge in [-0.25, -0.2) is 14.8 Å². The molecule has 132 valence electrons. The van der Waals surface area contributed by atoms with Crippen molar-refractivity contribution in [1.82, 2.24) is 25.1 Å². The Balaban J connectivity index is 1.46. The van der Waals surface area contributed by atoms with Crippen LogP contribution in [0, 0.1) is 11.7 Å². The van der Waals surface area contributed by atoms with Gasteiger partial charge in [0.05, 0.1) is 11.7 Å². The summed E-state index contributed by atoms with van der Waals surface area (Å²) in [5.41, 5.74) is 8.63. The van der Waals surface area contributed by atoms with Crippen LogP contribution in [0.25, 0.3) is 4.96 Å². The lowest BCUT2D eigenvalue weighted by atomic mass is 9.94. The zero-order valence-corrected chi connectivity index (χ0v) is 15.3. The van der Waals surface area contributed by atoms with Gasteiger partial charge in [0, 0.05) is 37.1 Å². The zero-order valence-electron chi connectivity index (χ0n) is 13.7. The molecule has 2 unspecified atom stereocenters. The summed E-state index contributed by atoms with van der Waals surface area (Å²) in [6.45, 7) is 2.47. The van der Waals surface area contributed by atoms with E-state index in [4.69, 9.17) is 11.6 Å². The highest BCUT2D eigenvalue weighted by Crippen LogP contribution is 2.27. The van der Waals surface area contributed by atoms with Crippen LogP contribution in [0.1, 0.15) is 17.3 Å². The molecular formula is C17H19ClFN5S. The summed E-state index contributed by atoms with van der Waals surface area (Å²) >= 11 is 7.88. The maximum atomic E-state index is 13.2. The summed E-state index contributed by atoms with van der Waals surface area (Å²) in [4.78, 5) is 7.56. The number of nitrogens with zero attached hydrogens (tertiary/aromatic N) is 3. The Morgan fingerprint density at radius 1 is 1.40 bits per heavy atom. The lowest BCUT2D eigenvalue weighted by molar-refractivity contribution is 0.259. The molecule has 0 amide bonds. The Hall–Kier alpha value is -1.51. The fraction of sp³-hybridized carbons (Fsp3) is 0.353. The number of benzene rings is 1. The molecule has 1 aliphatic heterocycles. The Bertz CT molecular complexity index is 862. The van der Waals surface area contributed by atoms with Crippen molar-refractivity contribution in [3.05, 3.63) is 58.1 Å². The molecule has 0 radical (unpaired) electrons. The number of halogens is 2. The van der Waals surface area contributed by atoms with Gasteiger partial charge in [0.2, 0.25) is 0 Å². The summed E-state index contributed by atoms with van der Waals surface area (Å²) in [6.07, 6.45) is 2.00. The largest absolute Gasteiger partial charge is 0.300 e. The number of hydrogen-bond acceptors (Lipinski definition) is 5. The van der Waals surface area contributed by atoms with Gasteiger partial charge in [-0.2, -0.15) is 0 Å². The van der Waals surface area contributed by atoms with Gasteiger partial charge in [0.1, 0.15) is 5.82 Å². The Morgan fingerprint density at radius 3 is 3.00 bits per heavy atom. The highest BCUT2D eigenvalue weighted by Gasteiger charge is 2.29. The second-order valence-electron chi connectivity index (χ2n) is 6.42. The topological polar surface area (TPSA) is 44.6 Å². The van der Waals surface area contributed by atoms with E-state index in [2.05, 4.69) is 27.8 Å². The molecule has 3 aromatic rings. The van der Waals surface area contributed by atoms with E-state index >= 15 is 0 Å². The monoisotopic (exact) mass is 379 g/mol. The molecule has 2 aromatic heterocycles. The van der Waals surface area contributed by atoms with E-state index in [1.165, 1.54) is 12.1 Å². The molecule has 2 N–H and O–H groups in total. The van der Waals surface area contributed by atoms with Crippen molar-refractivity contribution in [3.8, 4) is 0 Å².